The lowest BCUT2D eigenvalue weighted by Gasteiger charge is -2.32. The van der Waals surface area contributed by atoms with Crippen molar-refractivity contribution in [2.75, 3.05) is 13.7 Å². The first-order chi connectivity index (χ1) is 9.79. The minimum absolute atomic E-state index is 0.275. The second-order valence-electron chi connectivity index (χ2n) is 5.10. The van der Waals surface area contributed by atoms with Crippen LogP contribution in [0.4, 0.5) is 0 Å². The standard InChI is InChI=1S/C17H18ClNO/c1-19-17(12-6-8-13(18)9-7-12)15-10-11-20-16-5-3-2-4-14(15)16/h2-9,15,17,19H,10-11H2,1H3. The molecular formula is C17H18ClNO. The highest BCUT2D eigenvalue weighted by Gasteiger charge is 2.28. The fourth-order valence-electron chi connectivity index (χ4n) is 2.99. The van der Waals surface area contributed by atoms with Gasteiger partial charge in [0.05, 0.1) is 6.61 Å². The summed E-state index contributed by atoms with van der Waals surface area (Å²) in [6.45, 7) is 0.771. The molecule has 0 aliphatic carbocycles. The largest absolute Gasteiger partial charge is 0.493 e. The number of likely N-dealkylation sites (N-methyl/N-ethyl adjacent to an activating group) is 1. The number of para-hydroxylation sites is 1. The summed E-state index contributed by atoms with van der Waals surface area (Å²) in [7, 11) is 2.01. The zero-order valence-electron chi connectivity index (χ0n) is 11.5. The van der Waals surface area contributed by atoms with Crippen LogP contribution >= 0.6 is 11.6 Å². The molecule has 0 saturated carbocycles. The first kappa shape index (κ1) is 13.5. The molecule has 1 heterocycles. The van der Waals surface area contributed by atoms with Gasteiger partial charge in [-0.1, -0.05) is 41.9 Å². The lowest BCUT2D eigenvalue weighted by atomic mass is 9.83. The molecule has 0 fully saturated rings. The van der Waals surface area contributed by atoms with Crippen LogP contribution in [-0.2, 0) is 0 Å². The van der Waals surface area contributed by atoms with Gasteiger partial charge >= 0.3 is 0 Å². The number of hydrogen-bond acceptors (Lipinski definition) is 2. The van der Waals surface area contributed by atoms with Crippen molar-refractivity contribution in [1.82, 2.24) is 5.32 Å². The van der Waals surface area contributed by atoms with Gasteiger partial charge in [0.15, 0.2) is 0 Å². The molecule has 1 N–H and O–H groups in total. The van der Waals surface area contributed by atoms with Gasteiger partial charge in [-0.25, -0.2) is 0 Å². The van der Waals surface area contributed by atoms with E-state index in [1.54, 1.807) is 0 Å². The number of fused-ring (bicyclic) bond motifs is 1. The van der Waals surface area contributed by atoms with Crippen molar-refractivity contribution in [3.63, 3.8) is 0 Å². The number of hydrogen-bond donors (Lipinski definition) is 1. The zero-order valence-corrected chi connectivity index (χ0v) is 12.2. The molecule has 2 nitrogen and oxygen atoms in total. The van der Waals surface area contributed by atoms with Crippen LogP contribution < -0.4 is 10.1 Å². The van der Waals surface area contributed by atoms with Crippen molar-refractivity contribution >= 4 is 11.6 Å². The Morgan fingerprint density at radius 2 is 1.90 bits per heavy atom. The predicted molar refractivity (Wildman–Crippen MR) is 82.5 cm³/mol. The minimum Gasteiger partial charge on any atom is -0.493 e. The van der Waals surface area contributed by atoms with E-state index in [9.17, 15) is 0 Å². The topological polar surface area (TPSA) is 21.3 Å². The van der Waals surface area contributed by atoms with Gasteiger partial charge < -0.3 is 10.1 Å². The van der Waals surface area contributed by atoms with Crippen molar-refractivity contribution in [1.29, 1.82) is 0 Å². The first-order valence-corrected chi connectivity index (χ1v) is 7.32. The van der Waals surface area contributed by atoms with Crippen molar-refractivity contribution < 1.29 is 4.74 Å². The van der Waals surface area contributed by atoms with Crippen molar-refractivity contribution in [3.8, 4) is 5.75 Å². The van der Waals surface area contributed by atoms with Crippen molar-refractivity contribution in [3.05, 3.63) is 64.7 Å². The maximum absolute atomic E-state index is 5.99. The quantitative estimate of drug-likeness (QED) is 0.915. The summed E-state index contributed by atoms with van der Waals surface area (Å²) in [5, 5.41) is 4.22. The zero-order chi connectivity index (χ0) is 13.9. The molecule has 104 valence electrons. The molecule has 1 aliphatic rings. The summed E-state index contributed by atoms with van der Waals surface area (Å²) >= 11 is 5.99. The fraction of sp³-hybridized carbons (Fsp3) is 0.294. The Morgan fingerprint density at radius 3 is 2.65 bits per heavy atom. The second-order valence-corrected chi connectivity index (χ2v) is 5.54. The lowest BCUT2D eigenvalue weighted by Crippen LogP contribution is -2.28. The maximum atomic E-state index is 5.99. The molecule has 1 aliphatic heterocycles. The molecule has 2 aromatic carbocycles. The average molecular weight is 288 g/mol. The summed E-state index contributed by atoms with van der Waals surface area (Å²) in [5.74, 6) is 1.43. The summed E-state index contributed by atoms with van der Waals surface area (Å²) < 4.78 is 5.75. The van der Waals surface area contributed by atoms with E-state index in [-0.39, 0.29) is 6.04 Å². The Labute approximate surface area is 124 Å². The molecule has 2 atom stereocenters. The fourth-order valence-corrected chi connectivity index (χ4v) is 3.11. The summed E-state index contributed by atoms with van der Waals surface area (Å²) in [6, 6.07) is 16.7. The minimum atomic E-state index is 0.275. The number of ether oxygens (including phenoxy) is 1. The summed E-state index contributed by atoms with van der Waals surface area (Å²) in [4.78, 5) is 0. The highest BCUT2D eigenvalue weighted by molar-refractivity contribution is 6.30. The van der Waals surface area contributed by atoms with E-state index in [1.165, 1.54) is 11.1 Å². The lowest BCUT2D eigenvalue weighted by molar-refractivity contribution is 0.248. The van der Waals surface area contributed by atoms with Gasteiger partial charge in [0.25, 0.3) is 0 Å². The molecule has 0 amide bonds. The number of rotatable bonds is 3. The monoisotopic (exact) mass is 287 g/mol. The van der Waals surface area contributed by atoms with E-state index >= 15 is 0 Å². The highest BCUT2D eigenvalue weighted by Crippen LogP contribution is 2.41. The molecule has 0 radical (unpaired) electrons. The Hall–Kier alpha value is -1.51. The van der Waals surface area contributed by atoms with E-state index in [0.717, 1.165) is 23.8 Å². The van der Waals surface area contributed by atoms with Crippen molar-refractivity contribution in [2.45, 2.75) is 18.4 Å². The van der Waals surface area contributed by atoms with Crippen molar-refractivity contribution in [2.24, 2.45) is 0 Å². The van der Waals surface area contributed by atoms with Crippen LogP contribution in [0.25, 0.3) is 0 Å². The van der Waals surface area contributed by atoms with Gasteiger partial charge in [0.1, 0.15) is 5.75 Å². The second kappa shape index (κ2) is 5.86. The normalized spacial score (nSPS) is 19.0. The van der Waals surface area contributed by atoms with Gasteiger partial charge in [-0.2, -0.15) is 0 Å². The van der Waals surface area contributed by atoms with Gasteiger partial charge in [-0.15, -0.1) is 0 Å². The molecule has 20 heavy (non-hydrogen) atoms. The number of nitrogens with one attached hydrogen (secondary N) is 1. The van der Waals surface area contributed by atoms with E-state index in [1.807, 2.05) is 25.2 Å². The third kappa shape index (κ3) is 2.54. The third-order valence-corrected chi connectivity index (χ3v) is 4.20. The maximum Gasteiger partial charge on any atom is 0.122 e. The molecule has 0 saturated heterocycles. The van der Waals surface area contributed by atoms with Crippen LogP contribution in [0.2, 0.25) is 5.02 Å². The molecular weight excluding hydrogens is 270 g/mol. The van der Waals surface area contributed by atoms with Gasteiger partial charge in [-0.3, -0.25) is 0 Å². The molecule has 0 aromatic heterocycles. The van der Waals surface area contributed by atoms with Gasteiger partial charge in [0, 0.05) is 17.0 Å². The Bertz CT molecular complexity index is 582. The van der Waals surface area contributed by atoms with Crippen LogP contribution in [0.15, 0.2) is 48.5 Å². The highest BCUT2D eigenvalue weighted by atomic mass is 35.5. The van der Waals surface area contributed by atoms with Crippen LogP contribution in [0.3, 0.4) is 0 Å². The Balaban J connectivity index is 1.96. The van der Waals surface area contributed by atoms with E-state index in [0.29, 0.717) is 5.92 Å². The number of halogens is 1. The molecule has 2 unspecified atom stereocenters. The van der Waals surface area contributed by atoms with Crippen LogP contribution in [0.1, 0.15) is 29.5 Å². The predicted octanol–water partition coefficient (Wildman–Crippen LogP) is 4.17. The average Bonchev–Trinajstić information content (AvgIpc) is 2.50. The van der Waals surface area contributed by atoms with E-state index in [4.69, 9.17) is 16.3 Å². The van der Waals surface area contributed by atoms with Gasteiger partial charge in [-0.05, 0) is 42.8 Å². The van der Waals surface area contributed by atoms with Crippen LogP contribution in [-0.4, -0.2) is 13.7 Å². The third-order valence-electron chi connectivity index (χ3n) is 3.95. The number of benzene rings is 2. The molecule has 0 spiro atoms. The molecule has 2 aromatic rings. The molecule has 3 heteroatoms. The van der Waals surface area contributed by atoms with Gasteiger partial charge in [0.2, 0.25) is 0 Å². The molecule has 3 rings (SSSR count). The molecule has 0 bridgehead atoms. The SMILES string of the molecule is CNC(c1ccc(Cl)cc1)C1CCOc2ccccc21. The van der Waals surface area contributed by atoms with E-state index < -0.39 is 0 Å². The Kier molecular flexibility index (Phi) is 3.95. The summed E-state index contributed by atoms with van der Waals surface area (Å²) in [6.07, 6.45) is 1.02. The summed E-state index contributed by atoms with van der Waals surface area (Å²) in [5.41, 5.74) is 2.55. The first-order valence-electron chi connectivity index (χ1n) is 6.94. The van der Waals surface area contributed by atoms with E-state index in [2.05, 4.69) is 35.6 Å². The smallest absolute Gasteiger partial charge is 0.122 e. The Morgan fingerprint density at radius 1 is 1.15 bits per heavy atom. The van der Waals surface area contributed by atoms with Crippen LogP contribution in [0.5, 0.6) is 5.75 Å². The van der Waals surface area contributed by atoms with Crippen LogP contribution in [0, 0.1) is 0 Å².